The molecule has 1 aromatic carbocycles. The molecular formula is C12H17O3. The van der Waals surface area contributed by atoms with Crippen molar-refractivity contribution >= 4 is 0 Å². The topological polar surface area (TPSA) is 27.7 Å². The summed E-state index contributed by atoms with van der Waals surface area (Å²) in [5.41, 5.74) is 0. The summed E-state index contributed by atoms with van der Waals surface area (Å²) in [6.45, 7) is 7.57. The van der Waals surface area contributed by atoms with Gasteiger partial charge in [-0.3, -0.25) is 0 Å². The largest absolute Gasteiger partial charge is 0.490 e. The molecule has 1 radical (unpaired) electrons. The van der Waals surface area contributed by atoms with Gasteiger partial charge in [-0.15, -0.1) is 0 Å². The molecule has 0 atom stereocenters. The summed E-state index contributed by atoms with van der Waals surface area (Å²) >= 11 is 0. The van der Waals surface area contributed by atoms with Crippen molar-refractivity contribution in [3.8, 4) is 17.2 Å². The molecule has 0 fully saturated rings. The third-order valence-electron chi connectivity index (χ3n) is 1.76. The van der Waals surface area contributed by atoms with Gasteiger partial charge in [-0.2, -0.15) is 0 Å². The highest BCUT2D eigenvalue weighted by atomic mass is 16.5. The first-order valence-electron chi connectivity index (χ1n) is 5.26. The quantitative estimate of drug-likeness (QED) is 0.721. The van der Waals surface area contributed by atoms with E-state index in [-0.39, 0.29) is 0 Å². The third kappa shape index (κ3) is 3.05. The second kappa shape index (κ2) is 6.17. The summed E-state index contributed by atoms with van der Waals surface area (Å²) in [7, 11) is 0. The molecule has 0 unspecified atom stereocenters. The molecular weight excluding hydrogens is 192 g/mol. The Morgan fingerprint density at radius 3 is 2.27 bits per heavy atom. The Bertz CT molecular complexity index is 273. The van der Waals surface area contributed by atoms with Crippen molar-refractivity contribution in [2.75, 3.05) is 19.8 Å². The van der Waals surface area contributed by atoms with E-state index in [2.05, 4.69) is 6.07 Å². The Morgan fingerprint density at radius 1 is 1.00 bits per heavy atom. The van der Waals surface area contributed by atoms with Gasteiger partial charge in [0.2, 0.25) is 5.75 Å². The summed E-state index contributed by atoms with van der Waals surface area (Å²) in [6, 6.07) is 6.60. The van der Waals surface area contributed by atoms with Gasteiger partial charge in [0.05, 0.1) is 19.8 Å². The van der Waals surface area contributed by atoms with Crippen molar-refractivity contribution in [1.82, 2.24) is 0 Å². The summed E-state index contributed by atoms with van der Waals surface area (Å²) in [4.78, 5) is 0. The van der Waals surface area contributed by atoms with Crippen LogP contribution in [0.2, 0.25) is 0 Å². The molecule has 0 aliphatic carbocycles. The molecule has 3 heteroatoms. The molecule has 1 rings (SSSR count). The first-order chi connectivity index (χ1) is 7.33. The minimum atomic E-state index is 0.581. The van der Waals surface area contributed by atoms with Crippen molar-refractivity contribution in [3.05, 3.63) is 18.2 Å². The average Bonchev–Trinajstić information content (AvgIpc) is 2.23. The number of hydrogen-bond acceptors (Lipinski definition) is 3. The second-order valence-electron chi connectivity index (χ2n) is 2.80. The highest BCUT2D eigenvalue weighted by Gasteiger charge is 2.11. The highest BCUT2D eigenvalue weighted by molar-refractivity contribution is 5.50. The van der Waals surface area contributed by atoms with Crippen molar-refractivity contribution in [3.63, 3.8) is 0 Å². The minimum Gasteiger partial charge on any atom is -0.490 e. The zero-order chi connectivity index (χ0) is 11.1. The molecule has 0 saturated carbocycles. The monoisotopic (exact) mass is 209 g/mol. The predicted octanol–water partition coefficient (Wildman–Crippen LogP) is 2.68. The van der Waals surface area contributed by atoms with Crippen LogP contribution >= 0.6 is 0 Å². The van der Waals surface area contributed by atoms with Crippen LogP contribution in [0.1, 0.15) is 20.8 Å². The lowest BCUT2D eigenvalue weighted by Crippen LogP contribution is -2.02. The van der Waals surface area contributed by atoms with E-state index in [1.165, 1.54) is 0 Å². The summed E-state index contributed by atoms with van der Waals surface area (Å²) in [6.07, 6.45) is 0. The van der Waals surface area contributed by atoms with E-state index in [9.17, 15) is 0 Å². The molecule has 0 saturated heterocycles. The van der Waals surface area contributed by atoms with Gasteiger partial charge in [-0.05, 0) is 32.9 Å². The van der Waals surface area contributed by atoms with E-state index in [0.29, 0.717) is 37.1 Å². The first-order valence-corrected chi connectivity index (χ1v) is 5.26. The second-order valence-corrected chi connectivity index (χ2v) is 2.80. The fraction of sp³-hybridized carbons (Fsp3) is 0.500. The molecule has 0 aromatic heterocycles. The van der Waals surface area contributed by atoms with E-state index in [1.807, 2.05) is 26.8 Å². The van der Waals surface area contributed by atoms with E-state index < -0.39 is 0 Å². The van der Waals surface area contributed by atoms with Crippen molar-refractivity contribution in [1.29, 1.82) is 0 Å². The van der Waals surface area contributed by atoms with Gasteiger partial charge < -0.3 is 14.2 Å². The van der Waals surface area contributed by atoms with Gasteiger partial charge in [0, 0.05) is 6.07 Å². The Balaban J connectivity index is 2.97. The molecule has 0 N–H and O–H groups in total. The van der Waals surface area contributed by atoms with Crippen molar-refractivity contribution < 1.29 is 14.2 Å². The summed E-state index contributed by atoms with van der Waals surface area (Å²) in [5.74, 6) is 1.97. The van der Waals surface area contributed by atoms with Crippen LogP contribution in [0.4, 0.5) is 0 Å². The van der Waals surface area contributed by atoms with E-state index in [0.717, 1.165) is 0 Å². The zero-order valence-electron chi connectivity index (χ0n) is 9.50. The standard InChI is InChI=1S/C12H17O3/c1-4-13-10-8-7-9-11(14-5-2)12(10)15-6-3/h7-8H,4-6H2,1-3H3. The lowest BCUT2D eigenvalue weighted by Gasteiger charge is -2.14. The van der Waals surface area contributed by atoms with E-state index in [1.54, 1.807) is 6.07 Å². The molecule has 3 nitrogen and oxygen atoms in total. The number of hydrogen-bond donors (Lipinski definition) is 0. The Hall–Kier alpha value is -1.38. The third-order valence-corrected chi connectivity index (χ3v) is 1.76. The lowest BCUT2D eigenvalue weighted by molar-refractivity contribution is 0.260. The molecule has 0 amide bonds. The van der Waals surface area contributed by atoms with Crippen LogP contribution in [0.3, 0.4) is 0 Å². The maximum absolute atomic E-state index is 5.49. The minimum absolute atomic E-state index is 0.581. The number of rotatable bonds is 6. The van der Waals surface area contributed by atoms with Gasteiger partial charge in [-0.1, -0.05) is 0 Å². The van der Waals surface area contributed by atoms with Gasteiger partial charge in [-0.25, -0.2) is 0 Å². The smallest absolute Gasteiger partial charge is 0.204 e. The lowest BCUT2D eigenvalue weighted by atomic mass is 10.3. The number of ether oxygens (including phenoxy) is 3. The van der Waals surface area contributed by atoms with Crippen LogP contribution in [0.25, 0.3) is 0 Å². The summed E-state index contributed by atoms with van der Waals surface area (Å²) < 4.78 is 16.4. The predicted molar refractivity (Wildman–Crippen MR) is 58.8 cm³/mol. The van der Waals surface area contributed by atoms with Gasteiger partial charge in [0.1, 0.15) is 0 Å². The molecule has 0 spiro atoms. The van der Waals surface area contributed by atoms with E-state index in [4.69, 9.17) is 14.2 Å². The maximum Gasteiger partial charge on any atom is 0.204 e. The van der Waals surface area contributed by atoms with Crippen molar-refractivity contribution in [2.24, 2.45) is 0 Å². The van der Waals surface area contributed by atoms with Gasteiger partial charge >= 0.3 is 0 Å². The molecule has 0 bridgehead atoms. The molecule has 1 aromatic rings. The van der Waals surface area contributed by atoms with Crippen LogP contribution in [-0.4, -0.2) is 19.8 Å². The molecule has 15 heavy (non-hydrogen) atoms. The Kier molecular flexibility index (Phi) is 4.81. The fourth-order valence-electron chi connectivity index (χ4n) is 1.25. The molecule has 0 aliphatic heterocycles. The molecule has 0 heterocycles. The van der Waals surface area contributed by atoms with Crippen LogP contribution in [-0.2, 0) is 0 Å². The highest BCUT2D eigenvalue weighted by Crippen LogP contribution is 2.36. The zero-order valence-corrected chi connectivity index (χ0v) is 9.50. The average molecular weight is 209 g/mol. The van der Waals surface area contributed by atoms with Crippen LogP contribution in [0.5, 0.6) is 17.2 Å². The van der Waals surface area contributed by atoms with Crippen LogP contribution < -0.4 is 14.2 Å². The molecule has 83 valence electrons. The van der Waals surface area contributed by atoms with E-state index >= 15 is 0 Å². The first kappa shape index (κ1) is 11.7. The molecule has 0 aliphatic rings. The van der Waals surface area contributed by atoms with Crippen LogP contribution in [0, 0.1) is 6.07 Å². The maximum atomic E-state index is 5.49. The fourth-order valence-corrected chi connectivity index (χ4v) is 1.25. The van der Waals surface area contributed by atoms with Gasteiger partial charge in [0.25, 0.3) is 0 Å². The number of benzene rings is 1. The SMILES string of the molecule is CCOc1[c]ccc(OCC)c1OCC. The van der Waals surface area contributed by atoms with Crippen LogP contribution in [0.15, 0.2) is 12.1 Å². The van der Waals surface area contributed by atoms with Gasteiger partial charge in [0.15, 0.2) is 11.5 Å². The van der Waals surface area contributed by atoms with Crippen molar-refractivity contribution in [2.45, 2.75) is 20.8 Å². The summed E-state index contributed by atoms with van der Waals surface area (Å²) in [5, 5.41) is 0. The Morgan fingerprint density at radius 2 is 1.67 bits per heavy atom. The Labute approximate surface area is 91.0 Å². The normalized spacial score (nSPS) is 9.80.